The molecule has 0 atom stereocenters. The van der Waals surface area contributed by atoms with E-state index in [0.29, 0.717) is 34.4 Å². The molecular formula is C24H24ClN5O3S. The van der Waals surface area contributed by atoms with Gasteiger partial charge in [0.2, 0.25) is 5.95 Å². The van der Waals surface area contributed by atoms with Crippen molar-refractivity contribution in [2.45, 2.75) is 39.2 Å². The van der Waals surface area contributed by atoms with Crippen LogP contribution in [0.5, 0.6) is 5.75 Å². The van der Waals surface area contributed by atoms with E-state index in [9.17, 15) is 9.59 Å². The number of aromatic nitrogens is 4. The summed E-state index contributed by atoms with van der Waals surface area (Å²) in [5.41, 5.74) is -0.203. The first-order valence-corrected chi connectivity index (χ1v) is 12.0. The Bertz CT molecular complexity index is 1340. The number of aromatic amines is 1. The Morgan fingerprint density at radius 2 is 2.00 bits per heavy atom. The maximum Gasteiger partial charge on any atom is 0.269 e. The van der Waals surface area contributed by atoms with Crippen LogP contribution in [-0.4, -0.2) is 31.3 Å². The lowest BCUT2D eigenvalue weighted by Crippen LogP contribution is -2.43. The number of nitrogens with zero attached hydrogens (tertiary/aromatic N) is 3. The van der Waals surface area contributed by atoms with Crippen molar-refractivity contribution in [1.29, 1.82) is 0 Å². The van der Waals surface area contributed by atoms with Crippen LogP contribution in [0.2, 0.25) is 5.02 Å². The summed E-state index contributed by atoms with van der Waals surface area (Å²) in [5, 5.41) is 10.0. The molecule has 10 heteroatoms. The molecule has 0 aliphatic heterocycles. The molecule has 0 aliphatic carbocycles. The fourth-order valence-corrected chi connectivity index (χ4v) is 4.07. The van der Waals surface area contributed by atoms with E-state index in [2.05, 4.69) is 20.4 Å². The Morgan fingerprint density at radius 3 is 2.68 bits per heavy atom. The summed E-state index contributed by atoms with van der Waals surface area (Å²) in [4.78, 5) is 33.7. The smallest absolute Gasteiger partial charge is 0.269 e. The largest absolute Gasteiger partial charge is 0.478 e. The summed E-state index contributed by atoms with van der Waals surface area (Å²) in [6.07, 6.45) is 1.49. The van der Waals surface area contributed by atoms with E-state index < -0.39 is 11.5 Å². The number of halogens is 1. The Balaban J connectivity index is 1.68. The monoisotopic (exact) mass is 497 g/mol. The summed E-state index contributed by atoms with van der Waals surface area (Å²) in [6, 6.07) is 13.8. The minimum Gasteiger partial charge on any atom is -0.478 e. The van der Waals surface area contributed by atoms with Gasteiger partial charge in [-0.2, -0.15) is 9.78 Å². The molecule has 0 bridgehead atoms. The zero-order valence-corrected chi connectivity index (χ0v) is 20.5. The predicted octanol–water partition coefficient (Wildman–Crippen LogP) is 5.09. The number of ether oxygens (including phenoxy) is 1. The van der Waals surface area contributed by atoms with Crippen molar-refractivity contribution < 1.29 is 9.53 Å². The number of H-pyrrole nitrogens is 1. The number of thiophene rings is 1. The number of nitrogens with one attached hydrogen (secondary N) is 2. The number of amides is 1. The van der Waals surface area contributed by atoms with Crippen molar-refractivity contribution in [1.82, 2.24) is 19.7 Å². The third-order valence-electron chi connectivity index (χ3n) is 4.95. The molecule has 0 saturated carbocycles. The van der Waals surface area contributed by atoms with Crippen LogP contribution in [0.15, 0.2) is 58.7 Å². The Kier molecular flexibility index (Phi) is 6.85. The summed E-state index contributed by atoms with van der Waals surface area (Å²) in [7, 11) is 0. The van der Waals surface area contributed by atoms with Crippen LogP contribution in [0.4, 0.5) is 5.82 Å². The minimum absolute atomic E-state index is 0.227. The second-order valence-corrected chi connectivity index (χ2v) is 9.52. The fraction of sp³-hybridized carbons (Fsp3) is 0.250. The number of benzene rings is 1. The van der Waals surface area contributed by atoms with E-state index in [1.165, 1.54) is 22.1 Å². The molecule has 3 heterocycles. The molecule has 4 rings (SSSR count). The van der Waals surface area contributed by atoms with Gasteiger partial charge in [0.25, 0.3) is 11.5 Å². The van der Waals surface area contributed by atoms with Gasteiger partial charge >= 0.3 is 0 Å². The molecule has 4 aromatic rings. The summed E-state index contributed by atoms with van der Waals surface area (Å²) in [6.45, 7) is 5.35. The van der Waals surface area contributed by atoms with Gasteiger partial charge in [-0.25, -0.2) is 4.98 Å². The molecule has 0 aliphatic rings. The molecule has 1 amide bonds. The molecule has 1 aromatic carbocycles. The van der Waals surface area contributed by atoms with Crippen molar-refractivity contribution in [3.63, 3.8) is 0 Å². The number of rotatable bonds is 8. The molecule has 0 fully saturated rings. The van der Waals surface area contributed by atoms with E-state index in [1.807, 2.05) is 24.4 Å². The van der Waals surface area contributed by atoms with Crippen LogP contribution in [-0.2, 0) is 11.2 Å². The van der Waals surface area contributed by atoms with Crippen molar-refractivity contribution in [3.05, 3.63) is 75.0 Å². The Morgan fingerprint density at radius 1 is 1.24 bits per heavy atom. The van der Waals surface area contributed by atoms with E-state index >= 15 is 0 Å². The quantitative estimate of drug-likeness (QED) is 0.353. The number of carbonyl (C=O) groups excluding carboxylic acids is 1. The summed E-state index contributed by atoms with van der Waals surface area (Å²) in [5.74, 6) is 0.701. The van der Waals surface area contributed by atoms with Gasteiger partial charge in [-0.3, -0.25) is 14.6 Å². The zero-order chi connectivity index (χ0) is 24.3. The van der Waals surface area contributed by atoms with E-state index in [0.717, 1.165) is 11.3 Å². The first-order chi connectivity index (χ1) is 16.2. The normalized spacial score (nSPS) is 11.4. The highest BCUT2D eigenvalue weighted by Crippen LogP contribution is 2.28. The molecule has 8 nitrogen and oxygen atoms in total. The lowest BCUT2D eigenvalue weighted by atomic mass is 10.1. The summed E-state index contributed by atoms with van der Waals surface area (Å²) >= 11 is 7.46. The predicted molar refractivity (Wildman–Crippen MR) is 134 cm³/mol. The molecule has 0 spiro atoms. The fourth-order valence-electron chi connectivity index (χ4n) is 3.27. The van der Waals surface area contributed by atoms with Crippen LogP contribution >= 0.6 is 22.9 Å². The molecule has 0 saturated heterocycles. The van der Waals surface area contributed by atoms with Crippen molar-refractivity contribution in [2.75, 3.05) is 5.32 Å². The highest BCUT2D eigenvalue weighted by atomic mass is 35.5. The van der Waals surface area contributed by atoms with E-state index in [-0.39, 0.29) is 11.5 Å². The standard InChI is InChI=1S/C24H24ClN5O3S/c1-4-6-16-13-21(31)28-23(26-16)30-20(14-18(29-30)19-7-5-12-34-19)27-22(32)24(2,3)33-17-10-8-15(25)9-11-17/h5,7-14H,4,6H2,1-3H3,(H,27,32)(H,26,28,31). The lowest BCUT2D eigenvalue weighted by Gasteiger charge is -2.25. The highest BCUT2D eigenvalue weighted by Gasteiger charge is 2.31. The van der Waals surface area contributed by atoms with E-state index in [1.54, 1.807) is 44.2 Å². The van der Waals surface area contributed by atoms with Crippen molar-refractivity contribution in [2.24, 2.45) is 0 Å². The van der Waals surface area contributed by atoms with Crippen LogP contribution in [0.25, 0.3) is 16.5 Å². The lowest BCUT2D eigenvalue weighted by molar-refractivity contribution is -0.128. The van der Waals surface area contributed by atoms with Crippen LogP contribution < -0.4 is 15.6 Å². The average molecular weight is 498 g/mol. The van der Waals surface area contributed by atoms with Gasteiger partial charge in [0.05, 0.1) is 4.88 Å². The van der Waals surface area contributed by atoms with Crippen LogP contribution in [0.3, 0.4) is 0 Å². The van der Waals surface area contributed by atoms with Gasteiger partial charge in [-0.15, -0.1) is 11.3 Å². The Labute approximate surface area is 205 Å². The zero-order valence-electron chi connectivity index (χ0n) is 19.0. The third-order valence-corrected chi connectivity index (χ3v) is 6.09. The first kappa shape index (κ1) is 23.7. The maximum absolute atomic E-state index is 13.2. The number of carbonyl (C=O) groups is 1. The molecule has 2 N–H and O–H groups in total. The first-order valence-electron chi connectivity index (χ1n) is 10.8. The highest BCUT2D eigenvalue weighted by molar-refractivity contribution is 7.13. The van der Waals surface area contributed by atoms with Crippen molar-refractivity contribution in [3.8, 4) is 22.3 Å². The van der Waals surface area contributed by atoms with Crippen LogP contribution in [0.1, 0.15) is 32.9 Å². The van der Waals surface area contributed by atoms with Crippen LogP contribution in [0, 0.1) is 0 Å². The number of hydrogen-bond acceptors (Lipinski definition) is 6. The summed E-state index contributed by atoms with van der Waals surface area (Å²) < 4.78 is 7.35. The SMILES string of the molecule is CCCc1cc(=O)[nH]c(-n2nc(-c3cccs3)cc2NC(=O)C(C)(C)Oc2ccc(Cl)cc2)n1. The van der Waals surface area contributed by atoms with E-state index in [4.69, 9.17) is 16.3 Å². The van der Waals surface area contributed by atoms with Gasteiger partial charge in [-0.05, 0) is 56.0 Å². The Hall–Kier alpha value is -3.43. The number of hydrogen-bond donors (Lipinski definition) is 2. The minimum atomic E-state index is -1.21. The number of aryl methyl sites for hydroxylation is 1. The van der Waals surface area contributed by atoms with Gasteiger partial charge < -0.3 is 10.1 Å². The second kappa shape index (κ2) is 9.82. The van der Waals surface area contributed by atoms with Gasteiger partial charge in [0.1, 0.15) is 17.3 Å². The molecule has 176 valence electrons. The molecule has 0 radical (unpaired) electrons. The molecular weight excluding hydrogens is 474 g/mol. The van der Waals surface area contributed by atoms with Crippen molar-refractivity contribution >= 4 is 34.7 Å². The third kappa shape index (κ3) is 5.37. The van der Waals surface area contributed by atoms with Gasteiger partial charge in [0.15, 0.2) is 5.60 Å². The number of anilines is 1. The maximum atomic E-state index is 13.2. The topological polar surface area (TPSA) is 102 Å². The van der Waals surface area contributed by atoms with Gasteiger partial charge in [-0.1, -0.05) is 31.0 Å². The second-order valence-electron chi connectivity index (χ2n) is 8.13. The molecule has 3 aromatic heterocycles. The molecule has 0 unspecified atom stereocenters. The molecule has 34 heavy (non-hydrogen) atoms. The average Bonchev–Trinajstić information content (AvgIpc) is 3.45. The van der Waals surface area contributed by atoms with Gasteiger partial charge in [0, 0.05) is 22.8 Å².